The van der Waals surface area contributed by atoms with Crippen LogP contribution in [0.15, 0.2) is 43.1 Å². The minimum absolute atomic E-state index is 0.258. The molecule has 0 unspecified atom stereocenters. The molecular formula is C19H26N4O2. The average Bonchev–Trinajstić information content (AvgIpc) is 2.95. The molecule has 6 heteroatoms. The smallest absolute Gasteiger partial charge is 0.408 e. The Kier molecular flexibility index (Phi) is 4.33. The highest BCUT2D eigenvalue weighted by atomic mass is 16.6. The highest BCUT2D eigenvalue weighted by Gasteiger charge is 2.20. The quantitative estimate of drug-likeness (QED) is 0.807. The van der Waals surface area contributed by atoms with Gasteiger partial charge in [-0.3, -0.25) is 4.68 Å². The molecule has 0 aliphatic carbocycles. The van der Waals surface area contributed by atoms with Gasteiger partial charge in [0.15, 0.2) is 0 Å². The third-order valence-corrected chi connectivity index (χ3v) is 3.45. The van der Waals surface area contributed by atoms with E-state index in [1.54, 1.807) is 45.0 Å². The van der Waals surface area contributed by atoms with Crippen molar-refractivity contribution in [2.45, 2.75) is 38.8 Å². The lowest BCUT2D eigenvalue weighted by molar-refractivity contribution is 0.0504. The van der Waals surface area contributed by atoms with Crippen LogP contribution in [0.25, 0.3) is 11.3 Å². The van der Waals surface area contributed by atoms with Gasteiger partial charge in [-0.2, -0.15) is 5.10 Å². The number of nitrogen functional groups attached to an aromatic ring is 1. The summed E-state index contributed by atoms with van der Waals surface area (Å²) in [5.41, 5.74) is 7.26. The molecule has 134 valence electrons. The highest BCUT2D eigenvalue weighted by molar-refractivity contribution is 5.73. The zero-order valence-electron chi connectivity index (χ0n) is 17.7. The standard InChI is InChI=1S/C19H26N4O2/c1-6-8-16(22-18(24)25-19(2,3)4)13-9-7-10-14(11-13)17-15(20)12-21-23(17)5/h6-7,9-12,16H,1,8,20H2,2-5H3,(H,22,24)/t16-/m0/s1/i5D3. The minimum Gasteiger partial charge on any atom is -0.444 e. The van der Waals surface area contributed by atoms with Crippen molar-refractivity contribution in [1.82, 2.24) is 15.1 Å². The van der Waals surface area contributed by atoms with Crippen LogP contribution in [0.4, 0.5) is 10.5 Å². The minimum atomic E-state index is -2.46. The molecule has 2 aromatic rings. The number of hydrogen-bond donors (Lipinski definition) is 2. The summed E-state index contributed by atoms with van der Waals surface area (Å²) in [7, 11) is 0. The van der Waals surface area contributed by atoms with Gasteiger partial charge in [-0.25, -0.2) is 4.79 Å². The van der Waals surface area contributed by atoms with Gasteiger partial charge in [0.25, 0.3) is 0 Å². The fourth-order valence-electron chi connectivity index (χ4n) is 2.45. The Bertz CT molecular complexity index is 854. The normalized spacial score (nSPS) is 14.8. The van der Waals surface area contributed by atoms with Crippen LogP contribution >= 0.6 is 0 Å². The lowest BCUT2D eigenvalue weighted by Crippen LogP contribution is -2.34. The second-order valence-electron chi connectivity index (χ2n) is 6.71. The van der Waals surface area contributed by atoms with E-state index in [-0.39, 0.29) is 5.69 Å². The molecular weight excluding hydrogens is 316 g/mol. The highest BCUT2D eigenvalue weighted by Crippen LogP contribution is 2.28. The maximum absolute atomic E-state index is 12.2. The summed E-state index contributed by atoms with van der Waals surface area (Å²) in [6.07, 6.45) is 2.93. The molecule has 0 saturated heterocycles. The van der Waals surface area contributed by atoms with E-state index < -0.39 is 24.7 Å². The van der Waals surface area contributed by atoms with Crippen molar-refractivity contribution in [3.8, 4) is 11.3 Å². The van der Waals surface area contributed by atoms with Crippen molar-refractivity contribution >= 4 is 11.8 Å². The molecule has 0 saturated carbocycles. The van der Waals surface area contributed by atoms with Gasteiger partial charge >= 0.3 is 6.09 Å². The van der Waals surface area contributed by atoms with Crippen molar-refractivity contribution in [3.63, 3.8) is 0 Å². The summed E-state index contributed by atoms with van der Waals surface area (Å²) >= 11 is 0. The Morgan fingerprint density at radius 2 is 2.32 bits per heavy atom. The van der Waals surface area contributed by atoms with E-state index in [0.717, 1.165) is 10.2 Å². The van der Waals surface area contributed by atoms with E-state index in [1.165, 1.54) is 6.20 Å². The number of aromatic nitrogens is 2. The first-order chi connectivity index (χ1) is 12.9. The summed E-state index contributed by atoms with van der Waals surface area (Å²) in [6.45, 7) is 6.64. The molecule has 0 aliphatic rings. The maximum atomic E-state index is 12.2. The van der Waals surface area contributed by atoms with E-state index in [4.69, 9.17) is 14.6 Å². The molecule has 0 spiro atoms. The number of amides is 1. The van der Waals surface area contributed by atoms with Crippen molar-refractivity contribution in [3.05, 3.63) is 48.7 Å². The van der Waals surface area contributed by atoms with Crippen molar-refractivity contribution in [2.24, 2.45) is 6.98 Å². The van der Waals surface area contributed by atoms with E-state index in [0.29, 0.717) is 17.7 Å². The molecule has 25 heavy (non-hydrogen) atoms. The topological polar surface area (TPSA) is 82.2 Å². The van der Waals surface area contributed by atoms with Gasteiger partial charge in [0.2, 0.25) is 0 Å². The van der Waals surface area contributed by atoms with Gasteiger partial charge in [0, 0.05) is 16.7 Å². The molecule has 1 heterocycles. The van der Waals surface area contributed by atoms with Crippen LogP contribution in [-0.2, 0) is 11.7 Å². The Balaban J connectivity index is 2.39. The predicted molar refractivity (Wildman–Crippen MR) is 100.0 cm³/mol. The Morgan fingerprint density at radius 1 is 1.56 bits per heavy atom. The van der Waals surface area contributed by atoms with Crippen molar-refractivity contribution in [2.75, 3.05) is 5.73 Å². The molecule has 1 aromatic carbocycles. The van der Waals surface area contributed by atoms with E-state index >= 15 is 0 Å². The molecule has 2 rings (SSSR count). The molecule has 3 N–H and O–H groups in total. The van der Waals surface area contributed by atoms with Crippen LogP contribution in [0, 0.1) is 0 Å². The number of carbonyl (C=O) groups excluding carboxylic acids is 1. The van der Waals surface area contributed by atoms with Crippen molar-refractivity contribution < 1.29 is 13.6 Å². The second kappa shape index (κ2) is 7.42. The SMILES string of the molecule is [2H]C([2H])([2H])n1ncc(N)c1-c1cccc([C@H](CC=C)NC(=O)OC(C)(C)C)c1. The summed E-state index contributed by atoms with van der Waals surface area (Å²) in [4.78, 5) is 12.2. The van der Waals surface area contributed by atoms with Gasteiger partial charge in [-0.05, 0) is 38.8 Å². The summed E-state index contributed by atoms with van der Waals surface area (Å²) in [5, 5.41) is 6.71. The first-order valence-electron chi connectivity index (χ1n) is 9.47. The van der Waals surface area contributed by atoms with Crippen molar-refractivity contribution in [1.29, 1.82) is 0 Å². The average molecular weight is 345 g/mol. The number of rotatable bonds is 5. The molecule has 1 amide bonds. The van der Waals surface area contributed by atoms with Crippen LogP contribution in [0.5, 0.6) is 0 Å². The van der Waals surface area contributed by atoms with Crippen LogP contribution < -0.4 is 11.1 Å². The number of nitrogens with zero attached hydrogens (tertiary/aromatic N) is 2. The molecule has 0 bridgehead atoms. The van der Waals surface area contributed by atoms with E-state index in [2.05, 4.69) is 17.0 Å². The zero-order chi connectivity index (χ0) is 21.1. The van der Waals surface area contributed by atoms with Gasteiger partial charge in [-0.15, -0.1) is 6.58 Å². The van der Waals surface area contributed by atoms with Gasteiger partial charge in [0.1, 0.15) is 5.60 Å². The number of alkyl carbamates (subject to hydrolysis) is 1. The Hall–Kier alpha value is -2.76. The molecule has 6 nitrogen and oxygen atoms in total. The molecule has 0 radical (unpaired) electrons. The first-order valence-corrected chi connectivity index (χ1v) is 7.97. The van der Waals surface area contributed by atoms with Crippen LogP contribution in [0.3, 0.4) is 0 Å². The van der Waals surface area contributed by atoms with Gasteiger partial charge in [-0.1, -0.05) is 24.3 Å². The third kappa shape index (κ3) is 4.86. The summed E-state index contributed by atoms with van der Waals surface area (Å²) < 4.78 is 29.2. The number of carbonyl (C=O) groups is 1. The number of anilines is 1. The summed E-state index contributed by atoms with van der Waals surface area (Å²) in [5.74, 6) is 0. The largest absolute Gasteiger partial charge is 0.444 e. The zero-order valence-corrected chi connectivity index (χ0v) is 14.7. The van der Waals surface area contributed by atoms with Crippen LogP contribution in [-0.4, -0.2) is 21.5 Å². The third-order valence-electron chi connectivity index (χ3n) is 3.45. The maximum Gasteiger partial charge on any atom is 0.408 e. The van der Waals surface area contributed by atoms with E-state index in [1.807, 2.05) is 6.07 Å². The molecule has 0 aliphatic heterocycles. The molecule has 1 atom stereocenters. The van der Waals surface area contributed by atoms with Gasteiger partial charge < -0.3 is 15.8 Å². The predicted octanol–water partition coefficient (Wildman–Crippen LogP) is 3.81. The number of aryl methyl sites for hydroxylation is 1. The lowest BCUT2D eigenvalue weighted by atomic mass is 9.99. The molecule has 1 aromatic heterocycles. The Morgan fingerprint density at radius 3 is 2.96 bits per heavy atom. The first kappa shape index (κ1) is 14.6. The fraction of sp³-hybridized carbons (Fsp3) is 0.368. The van der Waals surface area contributed by atoms with Gasteiger partial charge in [0.05, 0.1) is 23.6 Å². The Labute approximate surface area is 152 Å². The second-order valence-corrected chi connectivity index (χ2v) is 6.71. The lowest BCUT2D eigenvalue weighted by Gasteiger charge is -2.23. The summed E-state index contributed by atoms with van der Waals surface area (Å²) in [6, 6.07) is 6.74. The number of nitrogens with two attached hydrogens (primary N) is 1. The fourth-order valence-corrected chi connectivity index (χ4v) is 2.45. The number of nitrogens with one attached hydrogen (secondary N) is 1. The van der Waals surface area contributed by atoms with Crippen LogP contribution in [0.1, 0.15) is 42.9 Å². The monoisotopic (exact) mass is 345 g/mol. The van der Waals surface area contributed by atoms with Crippen LogP contribution in [0.2, 0.25) is 0 Å². The number of ether oxygens (including phenoxy) is 1. The van der Waals surface area contributed by atoms with E-state index in [9.17, 15) is 4.79 Å². The number of benzene rings is 1. The number of hydrogen-bond acceptors (Lipinski definition) is 4. The molecule has 0 fully saturated rings.